The number of nitrogens with one attached hydrogen (secondary N) is 1. The minimum atomic E-state index is -0.666. The molecule has 1 aromatic heterocycles. The lowest BCUT2D eigenvalue weighted by Crippen LogP contribution is -2.49. The number of aromatic nitrogens is 1. The Morgan fingerprint density at radius 2 is 1.79 bits per heavy atom. The molecular weight excluding hydrogens is 421 g/mol. The molecule has 1 aliphatic carbocycles. The molecule has 1 N–H and O–H groups in total. The average molecular weight is 452 g/mol. The Balaban J connectivity index is 1.50. The van der Waals surface area contributed by atoms with Crippen molar-refractivity contribution in [2.45, 2.75) is 31.7 Å². The van der Waals surface area contributed by atoms with E-state index >= 15 is 4.39 Å². The maximum atomic E-state index is 15.1. The number of benzene rings is 1. The van der Waals surface area contributed by atoms with Crippen molar-refractivity contribution in [3.05, 3.63) is 53.3 Å². The monoisotopic (exact) mass is 451 g/mol. The number of piperazine rings is 1. The van der Waals surface area contributed by atoms with Gasteiger partial charge in [-0.2, -0.15) is 0 Å². The Labute approximate surface area is 193 Å². The van der Waals surface area contributed by atoms with Gasteiger partial charge in [0.2, 0.25) is 5.91 Å². The van der Waals surface area contributed by atoms with E-state index in [1.54, 1.807) is 0 Å². The highest BCUT2D eigenvalue weighted by Gasteiger charge is 2.35. The van der Waals surface area contributed by atoms with Gasteiger partial charge in [0, 0.05) is 38.6 Å². The summed E-state index contributed by atoms with van der Waals surface area (Å²) in [5.74, 6) is -0.749. The average Bonchev–Trinajstić information content (AvgIpc) is 3.55. The van der Waals surface area contributed by atoms with Gasteiger partial charge in [0.25, 0.3) is 5.91 Å². The molecule has 7 nitrogen and oxygen atoms in total. The minimum Gasteiger partial charge on any atom is -0.356 e. The van der Waals surface area contributed by atoms with E-state index in [1.807, 2.05) is 47.2 Å². The quantitative estimate of drug-likeness (QED) is 0.756. The van der Waals surface area contributed by atoms with Gasteiger partial charge in [-0.3, -0.25) is 9.59 Å². The molecule has 0 spiro atoms. The van der Waals surface area contributed by atoms with Crippen LogP contribution < -0.4 is 10.2 Å². The van der Waals surface area contributed by atoms with E-state index in [1.165, 1.54) is 6.07 Å². The van der Waals surface area contributed by atoms with Crippen molar-refractivity contribution in [1.82, 2.24) is 14.8 Å². The molecule has 0 radical (unpaired) electrons. The summed E-state index contributed by atoms with van der Waals surface area (Å²) in [6.45, 7) is 3.54. The number of hydrogen-bond acceptors (Lipinski definition) is 5. The molecule has 0 bridgehead atoms. The fourth-order valence-electron chi connectivity index (χ4n) is 4.74. The van der Waals surface area contributed by atoms with Gasteiger partial charge in [-0.15, -0.1) is 0 Å². The molecular formula is C25H30FN5O2. The second kappa shape index (κ2) is 9.09. The largest absolute Gasteiger partial charge is 0.356 e. The zero-order chi connectivity index (χ0) is 22.9. The summed E-state index contributed by atoms with van der Waals surface area (Å²) >= 11 is 0. The summed E-state index contributed by atoms with van der Waals surface area (Å²) < 4.78 is 15.1. The minimum absolute atomic E-state index is 0.0558. The van der Waals surface area contributed by atoms with Gasteiger partial charge in [0.05, 0.1) is 11.6 Å². The molecule has 2 amide bonds. The Morgan fingerprint density at radius 3 is 2.48 bits per heavy atom. The van der Waals surface area contributed by atoms with Crippen LogP contribution in [0.5, 0.6) is 0 Å². The van der Waals surface area contributed by atoms with E-state index in [0.29, 0.717) is 18.9 Å². The number of halogens is 1. The molecule has 2 saturated heterocycles. The van der Waals surface area contributed by atoms with Crippen molar-refractivity contribution in [2.24, 2.45) is 5.92 Å². The van der Waals surface area contributed by atoms with Crippen LogP contribution in [0.25, 0.3) is 0 Å². The van der Waals surface area contributed by atoms with Gasteiger partial charge in [0.1, 0.15) is 5.82 Å². The van der Waals surface area contributed by atoms with Crippen LogP contribution in [0.15, 0.2) is 36.4 Å². The molecule has 2 aliphatic heterocycles. The van der Waals surface area contributed by atoms with Crippen molar-refractivity contribution in [2.75, 3.05) is 50.0 Å². The lowest BCUT2D eigenvalue weighted by molar-refractivity contribution is -0.117. The third-order valence-corrected chi connectivity index (χ3v) is 6.81. The second-order valence-corrected chi connectivity index (χ2v) is 9.33. The Kier molecular flexibility index (Phi) is 6.01. The highest BCUT2D eigenvalue weighted by atomic mass is 19.1. The van der Waals surface area contributed by atoms with Crippen LogP contribution in [-0.4, -0.2) is 66.4 Å². The molecule has 1 unspecified atom stereocenters. The van der Waals surface area contributed by atoms with Crippen molar-refractivity contribution in [3.63, 3.8) is 0 Å². The van der Waals surface area contributed by atoms with Crippen LogP contribution >= 0.6 is 0 Å². The van der Waals surface area contributed by atoms with Crippen molar-refractivity contribution >= 4 is 23.5 Å². The zero-order valence-electron chi connectivity index (χ0n) is 19.0. The second-order valence-electron chi connectivity index (χ2n) is 9.33. The summed E-state index contributed by atoms with van der Waals surface area (Å²) in [5, 5.41) is 2.64. The first-order valence-electron chi connectivity index (χ1n) is 11.8. The molecule has 3 heterocycles. The van der Waals surface area contributed by atoms with Gasteiger partial charge < -0.3 is 20.0 Å². The SMILES string of the molecule is CN1CCN(C(=O)c2cc(F)c(NC(=O)C3CC3)nc2N2CCCC2)C(c2ccccc2)C1. The maximum absolute atomic E-state index is 15.1. The fraction of sp³-hybridized carbons (Fsp3) is 0.480. The van der Waals surface area contributed by atoms with Gasteiger partial charge >= 0.3 is 0 Å². The fourth-order valence-corrected chi connectivity index (χ4v) is 4.74. The lowest BCUT2D eigenvalue weighted by atomic mass is 10.0. The molecule has 8 heteroatoms. The number of nitrogens with zero attached hydrogens (tertiary/aromatic N) is 4. The van der Waals surface area contributed by atoms with Crippen LogP contribution in [0.3, 0.4) is 0 Å². The normalized spacial score (nSPS) is 21.3. The molecule has 5 rings (SSSR count). The van der Waals surface area contributed by atoms with E-state index in [0.717, 1.165) is 50.9 Å². The van der Waals surface area contributed by atoms with Crippen molar-refractivity contribution < 1.29 is 14.0 Å². The standard InChI is InChI=1S/C25H30FN5O2/c1-29-13-14-31(21(16-29)17-7-3-2-4-8-17)25(33)19-15-20(26)22(28-24(32)18-9-10-18)27-23(19)30-11-5-6-12-30/h2-4,7-8,15,18,21H,5-6,9-14,16H2,1H3,(H,27,28,32). The Bertz CT molecular complexity index is 1040. The summed E-state index contributed by atoms with van der Waals surface area (Å²) in [7, 11) is 2.05. The predicted molar refractivity (Wildman–Crippen MR) is 125 cm³/mol. The Hall–Kier alpha value is -3.00. The highest BCUT2D eigenvalue weighted by molar-refractivity contribution is 6.00. The first-order valence-corrected chi connectivity index (χ1v) is 11.8. The summed E-state index contributed by atoms with van der Waals surface area (Å²) in [6, 6.07) is 11.1. The van der Waals surface area contributed by atoms with Crippen LogP contribution in [-0.2, 0) is 4.79 Å². The Morgan fingerprint density at radius 1 is 1.06 bits per heavy atom. The summed E-state index contributed by atoms with van der Waals surface area (Å²) in [5.41, 5.74) is 1.33. The van der Waals surface area contributed by atoms with Crippen LogP contribution in [0.2, 0.25) is 0 Å². The number of anilines is 2. The van der Waals surface area contributed by atoms with E-state index in [4.69, 9.17) is 0 Å². The topological polar surface area (TPSA) is 68.8 Å². The highest BCUT2D eigenvalue weighted by Crippen LogP contribution is 2.34. The predicted octanol–water partition coefficient (Wildman–Crippen LogP) is 3.30. The number of rotatable bonds is 5. The first kappa shape index (κ1) is 21.8. The molecule has 3 fully saturated rings. The van der Waals surface area contributed by atoms with Gasteiger partial charge in [0.15, 0.2) is 11.6 Å². The number of likely N-dealkylation sites (N-methyl/N-ethyl adjacent to an activating group) is 1. The van der Waals surface area contributed by atoms with Gasteiger partial charge in [-0.25, -0.2) is 9.37 Å². The smallest absolute Gasteiger partial charge is 0.258 e. The molecule has 33 heavy (non-hydrogen) atoms. The number of hydrogen-bond donors (Lipinski definition) is 1. The summed E-state index contributed by atoms with van der Waals surface area (Å²) in [6.07, 6.45) is 3.65. The third-order valence-electron chi connectivity index (χ3n) is 6.81. The molecule has 1 saturated carbocycles. The first-order chi connectivity index (χ1) is 16.0. The molecule has 1 atom stereocenters. The molecule has 174 valence electrons. The third kappa shape index (κ3) is 4.57. The molecule has 1 aromatic carbocycles. The van der Waals surface area contributed by atoms with Gasteiger partial charge in [-0.1, -0.05) is 30.3 Å². The van der Waals surface area contributed by atoms with E-state index in [9.17, 15) is 9.59 Å². The maximum Gasteiger partial charge on any atom is 0.258 e. The van der Waals surface area contributed by atoms with Crippen molar-refractivity contribution in [3.8, 4) is 0 Å². The van der Waals surface area contributed by atoms with Crippen LogP contribution in [0.1, 0.15) is 47.6 Å². The van der Waals surface area contributed by atoms with Crippen molar-refractivity contribution in [1.29, 1.82) is 0 Å². The van der Waals surface area contributed by atoms with E-state index < -0.39 is 5.82 Å². The van der Waals surface area contributed by atoms with E-state index in [2.05, 4.69) is 15.2 Å². The van der Waals surface area contributed by atoms with Crippen LogP contribution in [0, 0.1) is 11.7 Å². The summed E-state index contributed by atoms with van der Waals surface area (Å²) in [4.78, 5) is 36.7. The number of amides is 2. The lowest BCUT2D eigenvalue weighted by Gasteiger charge is -2.40. The zero-order valence-corrected chi connectivity index (χ0v) is 19.0. The van der Waals surface area contributed by atoms with Crippen LogP contribution in [0.4, 0.5) is 16.0 Å². The number of carbonyl (C=O) groups excluding carboxylic acids is 2. The molecule has 3 aliphatic rings. The number of carbonyl (C=O) groups is 2. The van der Waals surface area contributed by atoms with Gasteiger partial charge in [-0.05, 0) is 44.4 Å². The number of pyridine rings is 1. The van der Waals surface area contributed by atoms with E-state index in [-0.39, 0.29) is 35.2 Å². The molecule has 2 aromatic rings.